The highest BCUT2D eigenvalue weighted by Gasteiger charge is 2.23. The van der Waals surface area contributed by atoms with Gasteiger partial charge in [-0.15, -0.1) is 10.2 Å². The van der Waals surface area contributed by atoms with Crippen LogP contribution in [0.2, 0.25) is 0 Å². The largest absolute Gasteiger partial charge is 0.465 e. The van der Waals surface area contributed by atoms with Crippen molar-refractivity contribution in [1.29, 1.82) is 0 Å². The molecule has 1 aliphatic rings. The predicted octanol–water partition coefficient (Wildman–Crippen LogP) is 3.81. The average molecular weight is 475 g/mol. The highest BCUT2D eigenvalue weighted by atomic mass is 32.2. The number of benzene rings is 1. The molecular formula is C22H27FN6O3S. The molecule has 176 valence electrons. The lowest BCUT2D eigenvalue weighted by Crippen LogP contribution is -2.19. The summed E-state index contributed by atoms with van der Waals surface area (Å²) in [6.07, 6.45) is 6.74. The van der Waals surface area contributed by atoms with Crippen molar-refractivity contribution >= 4 is 17.7 Å². The second-order valence-corrected chi connectivity index (χ2v) is 9.08. The molecule has 0 saturated heterocycles. The molecule has 0 aliphatic heterocycles. The minimum atomic E-state index is -0.358. The summed E-state index contributed by atoms with van der Waals surface area (Å²) in [6.45, 7) is 1.91. The third kappa shape index (κ3) is 5.89. The number of nitrogen functional groups attached to an aromatic ring is 1. The molecule has 0 unspecified atom stereocenters. The first-order chi connectivity index (χ1) is 16.0. The highest BCUT2D eigenvalue weighted by Crippen LogP contribution is 2.32. The molecular weight excluding hydrogens is 447 g/mol. The van der Waals surface area contributed by atoms with Crippen molar-refractivity contribution < 1.29 is 18.4 Å². The summed E-state index contributed by atoms with van der Waals surface area (Å²) in [5.41, 5.74) is 1.11. The maximum absolute atomic E-state index is 13.7. The van der Waals surface area contributed by atoms with E-state index in [1.807, 2.05) is 0 Å². The average Bonchev–Trinajstić information content (AvgIpc) is 3.44. The molecule has 0 bridgehead atoms. The second kappa shape index (κ2) is 10.8. The van der Waals surface area contributed by atoms with Crippen molar-refractivity contribution in [3.8, 4) is 11.4 Å². The standard InChI is InChI=1S/C22H27FN6O3S/c1-14-9-10-16(12-17(14)23)20-25-18(32-28-20)8-5-11-31-19(30)13-33-22-27-26-21(29(22)24)15-6-3-2-4-7-15/h9-10,12,15H,2-8,11,13,24H2,1H3. The minimum absolute atomic E-state index is 0.101. The Morgan fingerprint density at radius 3 is 2.91 bits per heavy atom. The number of thioether (sulfide) groups is 1. The molecule has 1 aromatic carbocycles. The summed E-state index contributed by atoms with van der Waals surface area (Å²) < 4.78 is 25.7. The molecule has 1 saturated carbocycles. The van der Waals surface area contributed by atoms with Crippen LogP contribution in [0.4, 0.5) is 4.39 Å². The fourth-order valence-corrected chi connectivity index (χ4v) is 4.47. The Bertz CT molecular complexity index is 1100. The fraction of sp³-hybridized carbons (Fsp3) is 0.500. The lowest BCUT2D eigenvalue weighted by molar-refractivity contribution is -0.140. The minimum Gasteiger partial charge on any atom is -0.465 e. The van der Waals surface area contributed by atoms with E-state index in [2.05, 4.69) is 20.3 Å². The molecule has 1 fully saturated rings. The Morgan fingerprint density at radius 2 is 2.12 bits per heavy atom. The molecule has 1 aliphatic carbocycles. The van der Waals surface area contributed by atoms with Crippen LogP contribution in [0, 0.1) is 12.7 Å². The SMILES string of the molecule is Cc1ccc(-c2noc(CCCOC(=O)CSc3nnc(C4CCCCC4)n3N)n2)cc1F. The van der Waals surface area contributed by atoms with Crippen molar-refractivity contribution in [2.24, 2.45) is 0 Å². The van der Waals surface area contributed by atoms with Crippen LogP contribution in [0.5, 0.6) is 0 Å². The Hall–Kier alpha value is -2.95. The van der Waals surface area contributed by atoms with Crippen molar-refractivity contribution in [2.45, 2.75) is 62.9 Å². The van der Waals surface area contributed by atoms with E-state index >= 15 is 0 Å². The highest BCUT2D eigenvalue weighted by molar-refractivity contribution is 7.99. The van der Waals surface area contributed by atoms with Crippen LogP contribution in [0.3, 0.4) is 0 Å². The maximum Gasteiger partial charge on any atom is 0.316 e. The lowest BCUT2D eigenvalue weighted by atomic mass is 9.89. The first-order valence-corrected chi connectivity index (χ1v) is 12.1. The normalized spacial score (nSPS) is 14.5. The second-order valence-electron chi connectivity index (χ2n) is 8.13. The number of aromatic nitrogens is 5. The Morgan fingerprint density at radius 1 is 1.30 bits per heavy atom. The zero-order valence-corrected chi connectivity index (χ0v) is 19.3. The molecule has 0 spiro atoms. The van der Waals surface area contributed by atoms with Gasteiger partial charge in [-0.05, 0) is 37.8 Å². The van der Waals surface area contributed by atoms with Gasteiger partial charge < -0.3 is 15.1 Å². The summed E-state index contributed by atoms with van der Waals surface area (Å²) in [6, 6.07) is 4.79. The van der Waals surface area contributed by atoms with Crippen molar-refractivity contribution in [2.75, 3.05) is 18.2 Å². The van der Waals surface area contributed by atoms with E-state index in [0.717, 1.165) is 18.7 Å². The molecule has 4 rings (SSSR count). The number of ether oxygens (including phenoxy) is 1. The van der Waals surface area contributed by atoms with E-state index in [1.54, 1.807) is 19.1 Å². The van der Waals surface area contributed by atoms with Crippen LogP contribution in [-0.4, -0.2) is 43.3 Å². The number of esters is 1. The van der Waals surface area contributed by atoms with E-state index in [9.17, 15) is 9.18 Å². The van der Waals surface area contributed by atoms with E-state index < -0.39 is 0 Å². The molecule has 0 amide bonds. The summed E-state index contributed by atoms with van der Waals surface area (Å²) in [5, 5.41) is 12.8. The molecule has 0 radical (unpaired) electrons. The van der Waals surface area contributed by atoms with E-state index in [-0.39, 0.29) is 24.1 Å². The molecule has 2 N–H and O–H groups in total. The van der Waals surface area contributed by atoms with Gasteiger partial charge in [-0.1, -0.05) is 48.3 Å². The topological polar surface area (TPSA) is 122 Å². The van der Waals surface area contributed by atoms with Gasteiger partial charge in [0.05, 0.1) is 12.4 Å². The van der Waals surface area contributed by atoms with E-state index in [1.165, 1.54) is 41.8 Å². The first-order valence-electron chi connectivity index (χ1n) is 11.1. The zero-order valence-electron chi connectivity index (χ0n) is 18.5. The van der Waals surface area contributed by atoms with E-state index in [4.69, 9.17) is 15.1 Å². The number of carbonyl (C=O) groups excluding carboxylic acids is 1. The van der Waals surface area contributed by atoms with Gasteiger partial charge in [0.25, 0.3) is 0 Å². The van der Waals surface area contributed by atoms with Crippen LogP contribution < -0.4 is 5.84 Å². The van der Waals surface area contributed by atoms with Gasteiger partial charge in [0.2, 0.25) is 16.9 Å². The number of hydrogen-bond donors (Lipinski definition) is 1. The lowest BCUT2D eigenvalue weighted by Gasteiger charge is -2.20. The molecule has 3 aromatic rings. The third-order valence-electron chi connectivity index (χ3n) is 5.68. The van der Waals surface area contributed by atoms with Crippen molar-refractivity contribution in [1.82, 2.24) is 25.0 Å². The van der Waals surface area contributed by atoms with Gasteiger partial charge in [0.1, 0.15) is 5.82 Å². The van der Waals surface area contributed by atoms with Gasteiger partial charge in [0.15, 0.2) is 5.82 Å². The third-order valence-corrected chi connectivity index (χ3v) is 6.59. The maximum atomic E-state index is 13.7. The number of carbonyl (C=O) groups is 1. The fourth-order valence-electron chi connectivity index (χ4n) is 3.81. The van der Waals surface area contributed by atoms with Gasteiger partial charge in [0, 0.05) is 17.9 Å². The number of hydrogen-bond acceptors (Lipinski definition) is 9. The number of aryl methyl sites for hydroxylation is 2. The van der Waals surface area contributed by atoms with Crippen LogP contribution in [0.15, 0.2) is 27.9 Å². The number of halogens is 1. The van der Waals surface area contributed by atoms with Crippen LogP contribution in [0.1, 0.15) is 61.7 Å². The number of nitrogens with two attached hydrogens (primary N) is 1. The summed E-state index contributed by atoms with van der Waals surface area (Å²) in [5.74, 6) is 7.43. The quantitative estimate of drug-likeness (QED) is 0.213. The van der Waals surface area contributed by atoms with Crippen LogP contribution >= 0.6 is 11.8 Å². The van der Waals surface area contributed by atoms with E-state index in [0.29, 0.717) is 46.8 Å². The van der Waals surface area contributed by atoms with Crippen LogP contribution in [-0.2, 0) is 16.0 Å². The van der Waals surface area contributed by atoms with Crippen molar-refractivity contribution in [3.05, 3.63) is 41.3 Å². The molecule has 2 aromatic heterocycles. The number of nitrogens with zero attached hydrogens (tertiary/aromatic N) is 5. The molecule has 33 heavy (non-hydrogen) atoms. The summed E-state index contributed by atoms with van der Waals surface area (Å²) in [4.78, 5) is 16.3. The zero-order chi connectivity index (χ0) is 23.2. The molecule has 0 atom stereocenters. The Kier molecular flexibility index (Phi) is 7.58. The molecule has 9 nitrogen and oxygen atoms in total. The predicted molar refractivity (Wildman–Crippen MR) is 120 cm³/mol. The van der Waals surface area contributed by atoms with Gasteiger partial charge in [-0.3, -0.25) is 4.79 Å². The number of rotatable bonds is 9. The van der Waals surface area contributed by atoms with Gasteiger partial charge in [-0.2, -0.15) is 4.98 Å². The van der Waals surface area contributed by atoms with Gasteiger partial charge in [-0.25, -0.2) is 9.07 Å². The molecule has 11 heteroatoms. The van der Waals surface area contributed by atoms with Crippen molar-refractivity contribution in [3.63, 3.8) is 0 Å². The Labute approximate surface area is 195 Å². The Balaban J connectivity index is 1.18. The summed E-state index contributed by atoms with van der Waals surface area (Å²) in [7, 11) is 0. The molecule has 2 heterocycles. The monoisotopic (exact) mass is 474 g/mol. The smallest absolute Gasteiger partial charge is 0.316 e. The van der Waals surface area contributed by atoms with Gasteiger partial charge >= 0.3 is 5.97 Å². The first kappa shape index (κ1) is 23.2. The van der Waals surface area contributed by atoms with Crippen LogP contribution in [0.25, 0.3) is 11.4 Å². The summed E-state index contributed by atoms with van der Waals surface area (Å²) >= 11 is 1.22.